The van der Waals surface area contributed by atoms with Crippen LogP contribution in [-0.2, 0) is 47.5 Å². The van der Waals surface area contributed by atoms with Gasteiger partial charge in [-0.15, -0.1) is 5.10 Å². The van der Waals surface area contributed by atoms with E-state index in [4.69, 9.17) is 18.9 Å². The van der Waals surface area contributed by atoms with E-state index in [9.17, 15) is 0 Å². The fourth-order valence-electron chi connectivity index (χ4n) is 10.2. The van der Waals surface area contributed by atoms with E-state index in [1.54, 1.807) is 0 Å². The van der Waals surface area contributed by atoms with Crippen LogP contribution in [0.5, 0.6) is 23.0 Å². The summed E-state index contributed by atoms with van der Waals surface area (Å²) in [7, 11) is 7.36. The van der Waals surface area contributed by atoms with Crippen molar-refractivity contribution in [2.45, 2.75) is 169 Å². The zero-order valence-electron chi connectivity index (χ0n) is 45.2. The summed E-state index contributed by atoms with van der Waals surface area (Å²) in [5, 5.41) is 9.05. The summed E-state index contributed by atoms with van der Waals surface area (Å²) in [6.07, 6.45) is 7.92. The molecule has 7 rings (SSSR count). The predicted octanol–water partition coefficient (Wildman–Crippen LogP) is 15.0. The van der Waals surface area contributed by atoms with Gasteiger partial charge < -0.3 is 18.9 Å². The first-order chi connectivity index (χ1) is 32.4. The lowest BCUT2D eigenvalue weighted by Gasteiger charge is -2.31. The number of nitrogens with zero attached hydrogens (tertiary/aromatic N) is 3. The van der Waals surface area contributed by atoms with Gasteiger partial charge in [0.15, 0.2) is 0 Å². The zero-order valence-corrected chi connectivity index (χ0v) is 45.2. The molecular weight excluding hydrogens is 851 g/mol. The summed E-state index contributed by atoms with van der Waals surface area (Å²) >= 11 is 0. The van der Waals surface area contributed by atoms with Gasteiger partial charge in [-0.2, -0.15) is 0 Å². The molecule has 7 heteroatoms. The van der Waals surface area contributed by atoms with Crippen LogP contribution in [0.15, 0.2) is 79.0 Å². The first kappa shape index (κ1) is 51.3. The highest BCUT2D eigenvalue weighted by Crippen LogP contribution is 2.48. The van der Waals surface area contributed by atoms with Crippen LogP contribution in [0.25, 0.3) is 11.3 Å². The number of methoxy groups -OCH3 is 4. The molecule has 1 aliphatic rings. The van der Waals surface area contributed by atoms with Crippen molar-refractivity contribution in [1.82, 2.24) is 15.0 Å². The van der Waals surface area contributed by atoms with E-state index in [1.165, 1.54) is 38.9 Å². The maximum Gasteiger partial charge on any atom is 0.126 e. The van der Waals surface area contributed by atoms with Crippen molar-refractivity contribution < 1.29 is 18.9 Å². The van der Waals surface area contributed by atoms with Crippen LogP contribution in [0.3, 0.4) is 0 Å². The van der Waals surface area contributed by atoms with Gasteiger partial charge in [-0.1, -0.05) is 179 Å². The van der Waals surface area contributed by atoms with Crippen molar-refractivity contribution in [2.75, 3.05) is 28.4 Å². The van der Waals surface area contributed by atoms with Crippen molar-refractivity contribution in [3.63, 3.8) is 0 Å². The second-order valence-corrected chi connectivity index (χ2v) is 23.8. The largest absolute Gasteiger partial charge is 0.496 e. The van der Waals surface area contributed by atoms with E-state index in [0.717, 1.165) is 99.9 Å². The standard InChI is InChI=1S/C62H81N3O4/c1-39-22-24-40(25-23-39)54-38-65(64-63-54)26-20-18-19-21-51-52-36-49(61(8,9)10)34-45(57(52)68-16)28-43-32-47(59(2,3)4)30-41(55(43)66-14)27-42-31-48(60(5,6)7)33-44(56(42)67-15)29-46-35-50(62(11,12)13)37-53(51)58(46)69-17/h22-25,30-38,51H,18-21,26-29H2,1-17H3. The molecule has 1 heterocycles. The maximum atomic E-state index is 6.73. The molecule has 5 aromatic carbocycles. The van der Waals surface area contributed by atoms with Gasteiger partial charge in [0, 0.05) is 48.4 Å². The number of aryl methyl sites for hydroxylation is 2. The molecule has 0 radical (unpaired) electrons. The highest BCUT2D eigenvalue weighted by Gasteiger charge is 2.32. The van der Waals surface area contributed by atoms with Gasteiger partial charge in [0.25, 0.3) is 0 Å². The van der Waals surface area contributed by atoms with Crippen molar-refractivity contribution >= 4 is 0 Å². The molecule has 8 bridgehead atoms. The number of hydrogen-bond donors (Lipinski definition) is 0. The van der Waals surface area contributed by atoms with Gasteiger partial charge in [0.2, 0.25) is 0 Å². The third-order valence-electron chi connectivity index (χ3n) is 14.3. The van der Waals surface area contributed by atoms with E-state index >= 15 is 0 Å². The molecule has 7 nitrogen and oxygen atoms in total. The Balaban J connectivity index is 1.46. The first-order valence-electron chi connectivity index (χ1n) is 25.2. The smallest absolute Gasteiger partial charge is 0.126 e. The number of benzene rings is 5. The summed E-state index contributed by atoms with van der Waals surface area (Å²) in [5.74, 6) is 3.66. The number of unbranched alkanes of at least 4 members (excludes halogenated alkanes) is 2. The molecule has 0 unspecified atom stereocenters. The molecule has 0 amide bonds. The summed E-state index contributed by atoms with van der Waals surface area (Å²) in [4.78, 5) is 0. The van der Waals surface area contributed by atoms with Gasteiger partial charge in [0.05, 0.1) is 34.6 Å². The third-order valence-corrected chi connectivity index (χ3v) is 14.3. The normalized spacial score (nSPS) is 13.6. The Morgan fingerprint density at radius 1 is 0.478 bits per heavy atom. The quantitative estimate of drug-likeness (QED) is 0.121. The number of ether oxygens (including phenoxy) is 4. The maximum absolute atomic E-state index is 6.73. The van der Waals surface area contributed by atoms with E-state index < -0.39 is 0 Å². The Kier molecular flexibility index (Phi) is 14.9. The second-order valence-electron chi connectivity index (χ2n) is 23.8. The summed E-state index contributed by atoms with van der Waals surface area (Å²) in [6, 6.07) is 27.6. The summed E-state index contributed by atoms with van der Waals surface area (Å²) in [5.41, 5.74) is 17.2. The molecule has 0 saturated carbocycles. The highest BCUT2D eigenvalue weighted by molar-refractivity contribution is 5.62. The van der Waals surface area contributed by atoms with Crippen LogP contribution >= 0.6 is 0 Å². The molecule has 0 fully saturated rings. The number of aromatic nitrogens is 3. The Hall–Kier alpha value is -5.56. The number of rotatable bonds is 11. The first-order valence-corrected chi connectivity index (χ1v) is 25.2. The topological polar surface area (TPSA) is 67.6 Å². The van der Waals surface area contributed by atoms with Crippen LogP contribution < -0.4 is 18.9 Å². The lowest BCUT2D eigenvalue weighted by Crippen LogP contribution is -2.18. The van der Waals surface area contributed by atoms with Crippen molar-refractivity contribution in [3.8, 4) is 34.3 Å². The molecule has 0 saturated heterocycles. The Morgan fingerprint density at radius 3 is 1.20 bits per heavy atom. The molecular formula is C62H81N3O4. The highest BCUT2D eigenvalue weighted by atomic mass is 16.5. The van der Waals surface area contributed by atoms with Gasteiger partial charge in [-0.25, -0.2) is 0 Å². The number of hydrogen-bond acceptors (Lipinski definition) is 6. The fraction of sp³-hybridized carbons (Fsp3) is 0.484. The molecule has 6 aromatic rings. The minimum Gasteiger partial charge on any atom is -0.496 e. The molecule has 1 aromatic heterocycles. The Labute approximate surface area is 415 Å². The Morgan fingerprint density at radius 2 is 0.841 bits per heavy atom. The lowest BCUT2D eigenvalue weighted by molar-refractivity contribution is 0.388. The lowest BCUT2D eigenvalue weighted by atomic mass is 9.76. The van der Waals surface area contributed by atoms with E-state index in [1.807, 2.05) is 33.1 Å². The SMILES string of the molecule is COc1c2cc(C(C)(C)C)cc1Cc1cc(C(C)(C)C)cc(c1OC)C(CCCCCn1cc(-c3ccc(C)cc3)nn1)c1cc(C(C)(C)C)cc(c1OC)Cc1cc(C(C)(C)C)cc(c1OC)C2. The van der Waals surface area contributed by atoms with E-state index in [0.29, 0.717) is 19.3 Å². The average molecular weight is 932 g/mol. The molecule has 0 spiro atoms. The summed E-state index contributed by atoms with van der Waals surface area (Å²) in [6.45, 7) is 30.7. The van der Waals surface area contributed by atoms with Gasteiger partial charge >= 0.3 is 0 Å². The van der Waals surface area contributed by atoms with Gasteiger partial charge in [0.1, 0.15) is 28.7 Å². The minimum atomic E-state index is -0.133. The van der Waals surface area contributed by atoms with Crippen LogP contribution in [0, 0.1) is 6.92 Å². The Bertz CT molecular complexity index is 2620. The van der Waals surface area contributed by atoms with E-state index in [-0.39, 0.29) is 27.6 Å². The van der Waals surface area contributed by atoms with Crippen LogP contribution in [0.1, 0.15) is 187 Å². The van der Waals surface area contributed by atoms with Crippen molar-refractivity contribution in [3.05, 3.63) is 151 Å². The fourth-order valence-corrected chi connectivity index (χ4v) is 10.2. The molecule has 0 atom stereocenters. The average Bonchev–Trinajstić information content (AvgIpc) is 3.74. The van der Waals surface area contributed by atoms with Crippen LogP contribution in [0.2, 0.25) is 0 Å². The van der Waals surface area contributed by atoms with Crippen molar-refractivity contribution in [1.29, 1.82) is 0 Å². The molecule has 0 N–H and O–H groups in total. The van der Waals surface area contributed by atoms with Crippen molar-refractivity contribution in [2.24, 2.45) is 0 Å². The summed E-state index contributed by atoms with van der Waals surface area (Å²) < 4.78 is 28.5. The van der Waals surface area contributed by atoms with E-state index in [2.05, 4.69) is 179 Å². The van der Waals surface area contributed by atoms with Gasteiger partial charge in [-0.3, -0.25) is 4.68 Å². The molecule has 1 aliphatic carbocycles. The predicted molar refractivity (Wildman–Crippen MR) is 286 cm³/mol. The second kappa shape index (κ2) is 20.0. The molecule has 69 heavy (non-hydrogen) atoms. The van der Waals surface area contributed by atoms with Crippen LogP contribution in [0.4, 0.5) is 0 Å². The molecule has 368 valence electrons. The monoisotopic (exact) mass is 932 g/mol. The number of fused-ring (bicyclic) bond motifs is 8. The van der Waals surface area contributed by atoms with Crippen LogP contribution in [-0.4, -0.2) is 43.4 Å². The zero-order chi connectivity index (χ0) is 50.2. The minimum absolute atomic E-state index is 0.0406. The molecule has 0 aliphatic heterocycles. The third kappa shape index (κ3) is 11.4. The van der Waals surface area contributed by atoms with Gasteiger partial charge in [-0.05, 0) is 97.1 Å².